The van der Waals surface area contributed by atoms with Crippen molar-refractivity contribution in [1.29, 1.82) is 0 Å². The lowest BCUT2D eigenvalue weighted by atomic mass is 9.75. The number of nitrogens with one attached hydrogen (secondary N) is 1. The summed E-state index contributed by atoms with van der Waals surface area (Å²) in [5, 5.41) is 1.29. The number of aryl methyl sites for hydroxylation is 1. The minimum absolute atomic E-state index is 0.240. The Bertz CT molecular complexity index is 1230. The standard InChI is InChI=1S/C26H25N3/c1-16-25(19-10-4-7-13-23(19)28-16)21(15-18-9-3-6-12-22(18)27)26-17(2)29-24-14-8-5-11-20(24)26/h3-14,21,25,29H,15,27H2,1-2H3/t21-,25+/m1/s1. The average Bonchev–Trinajstić information content (AvgIpc) is 3.23. The summed E-state index contributed by atoms with van der Waals surface area (Å²) in [6, 6.07) is 25.4. The number of hydrogen-bond donors (Lipinski definition) is 2. The lowest BCUT2D eigenvalue weighted by Crippen LogP contribution is -2.19. The van der Waals surface area contributed by atoms with E-state index >= 15 is 0 Å². The topological polar surface area (TPSA) is 54.2 Å². The van der Waals surface area contributed by atoms with Gasteiger partial charge in [-0.2, -0.15) is 0 Å². The van der Waals surface area contributed by atoms with Crippen molar-refractivity contribution < 1.29 is 0 Å². The van der Waals surface area contributed by atoms with Gasteiger partial charge in [-0.25, -0.2) is 0 Å². The molecule has 0 bridgehead atoms. The van der Waals surface area contributed by atoms with E-state index < -0.39 is 0 Å². The first kappa shape index (κ1) is 17.7. The number of fused-ring (bicyclic) bond motifs is 2. The number of nitrogens with two attached hydrogens (primary N) is 1. The van der Waals surface area contributed by atoms with E-state index in [4.69, 9.17) is 10.7 Å². The molecule has 3 aromatic carbocycles. The Hall–Kier alpha value is -3.33. The monoisotopic (exact) mass is 379 g/mol. The van der Waals surface area contributed by atoms with Crippen LogP contribution in [0.5, 0.6) is 0 Å². The number of benzene rings is 3. The third-order valence-corrected chi connectivity index (χ3v) is 6.23. The van der Waals surface area contributed by atoms with Crippen molar-refractivity contribution in [2.24, 2.45) is 4.99 Å². The van der Waals surface area contributed by atoms with Gasteiger partial charge in [-0.05, 0) is 55.2 Å². The van der Waals surface area contributed by atoms with Gasteiger partial charge in [0.25, 0.3) is 0 Å². The van der Waals surface area contributed by atoms with Gasteiger partial charge >= 0.3 is 0 Å². The maximum Gasteiger partial charge on any atom is 0.0668 e. The van der Waals surface area contributed by atoms with Gasteiger partial charge in [-0.3, -0.25) is 4.99 Å². The van der Waals surface area contributed by atoms with E-state index in [0.29, 0.717) is 0 Å². The van der Waals surface area contributed by atoms with E-state index in [-0.39, 0.29) is 11.8 Å². The van der Waals surface area contributed by atoms with Crippen LogP contribution < -0.4 is 5.73 Å². The summed E-state index contributed by atoms with van der Waals surface area (Å²) in [6.07, 6.45) is 0.876. The van der Waals surface area contributed by atoms with Crippen molar-refractivity contribution in [2.75, 3.05) is 5.73 Å². The van der Waals surface area contributed by atoms with Crippen LogP contribution in [0.25, 0.3) is 10.9 Å². The first-order chi connectivity index (χ1) is 14.1. The summed E-state index contributed by atoms with van der Waals surface area (Å²) in [5.74, 6) is 0.493. The predicted octanol–water partition coefficient (Wildman–Crippen LogP) is 6.27. The number of aliphatic imine (C=N–C) groups is 1. The molecule has 29 heavy (non-hydrogen) atoms. The van der Waals surface area contributed by atoms with Crippen LogP contribution in [-0.2, 0) is 6.42 Å². The van der Waals surface area contributed by atoms with E-state index in [9.17, 15) is 0 Å². The summed E-state index contributed by atoms with van der Waals surface area (Å²) in [7, 11) is 0. The highest BCUT2D eigenvalue weighted by atomic mass is 14.8. The van der Waals surface area contributed by atoms with Gasteiger partial charge in [0.2, 0.25) is 0 Å². The molecule has 0 radical (unpaired) electrons. The maximum atomic E-state index is 6.36. The second-order valence-corrected chi connectivity index (χ2v) is 8.01. The number of nitrogen functional groups attached to an aromatic ring is 1. The fraction of sp³-hybridized carbons (Fsp3) is 0.192. The van der Waals surface area contributed by atoms with Crippen molar-refractivity contribution in [3.05, 3.63) is 95.2 Å². The molecule has 2 heterocycles. The first-order valence-corrected chi connectivity index (χ1v) is 10.2. The van der Waals surface area contributed by atoms with Crippen LogP contribution >= 0.6 is 0 Å². The molecular weight excluding hydrogens is 354 g/mol. The molecule has 3 N–H and O–H groups in total. The van der Waals surface area contributed by atoms with Crippen molar-refractivity contribution >= 4 is 28.0 Å². The molecule has 0 aliphatic carbocycles. The zero-order valence-corrected chi connectivity index (χ0v) is 16.8. The maximum absolute atomic E-state index is 6.36. The molecule has 0 unspecified atom stereocenters. The lowest BCUT2D eigenvalue weighted by molar-refractivity contribution is 0.646. The van der Waals surface area contributed by atoms with Gasteiger partial charge < -0.3 is 10.7 Å². The molecule has 3 nitrogen and oxygen atoms in total. The summed E-state index contributed by atoms with van der Waals surface area (Å²) in [5.41, 5.74) is 15.8. The second kappa shape index (κ2) is 6.93. The van der Waals surface area contributed by atoms with E-state index in [1.54, 1.807) is 0 Å². The zero-order chi connectivity index (χ0) is 20.0. The smallest absolute Gasteiger partial charge is 0.0668 e. The number of H-pyrrole nitrogens is 1. The molecule has 1 aromatic heterocycles. The molecule has 3 heteroatoms. The summed E-state index contributed by atoms with van der Waals surface area (Å²) >= 11 is 0. The number of para-hydroxylation sites is 3. The number of anilines is 1. The Morgan fingerprint density at radius 2 is 1.66 bits per heavy atom. The number of rotatable bonds is 4. The van der Waals surface area contributed by atoms with E-state index in [1.807, 2.05) is 12.1 Å². The van der Waals surface area contributed by atoms with Crippen molar-refractivity contribution in [3.63, 3.8) is 0 Å². The van der Waals surface area contributed by atoms with Crippen LogP contribution in [0.15, 0.2) is 77.8 Å². The number of aromatic nitrogens is 1. The molecular formula is C26H25N3. The SMILES string of the molecule is CC1=Nc2ccccc2[C@H]1[C@@H](Cc1ccccc1N)c1c(C)[nH]c2ccccc12. The van der Waals surface area contributed by atoms with Gasteiger partial charge in [0.1, 0.15) is 0 Å². The Balaban J connectivity index is 1.71. The minimum Gasteiger partial charge on any atom is -0.399 e. The van der Waals surface area contributed by atoms with Gasteiger partial charge in [0.15, 0.2) is 0 Å². The number of aromatic amines is 1. The largest absolute Gasteiger partial charge is 0.399 e. The molecule has 1 aliphatic heterocycles. The summed E-state index contributed by atoms with van der Waals surface area (Å²) in [6.45, 7) is 4.35. The molecule has 0 saturated carbocycles. The van der Waals surface area contributed by atoms with Crippen LogP contribution in [0.4, 0.5) is 11.4 Å². The van der Waals surface area contributed by atoms with E-state index in [2.05, 4.69) is 79.5 Å². The van der Waals surface area contributed by atoms with Crippen LogP contribution in [0, 0.1) is 6.92 Å². The van der Waals surface area contributed by atoms with E-state index in [0.717, 1.165) is 17.8 Å². The molecule has 144 valence electrons. The Labute approximate surface area is 171 Å². The third kappa shape index (κ3) is 2.94. The van der Waals surface area contributed by atoms with E-state index in [1.165, 1.54) is 39.0 Å². The Kier molecular flexibility index (Phi) is 4.24. The molecule has 0 saturated heterocycles. The summed E-state index contributed by atoms with van der Waals surface area (Å²) in [4.78, 5) is 8.51. The van der Waals surface area contributed by atoms with Crippen molar-refractivity contribution in [3.8, 4) is 0 Å². The van der Waals surface area contributed by atoms with Crippen molar-refractivity contribution in [2.45, 2.75) is 32.1 Å². The third-order valence-electron chi connectivity index (χ3n) is 6.23. The van der Waals surface area contributed by atoms with Crippen LogP contribution in [-0.4, -0.2) is 10.7 Å². The van der Waals surface area contributed by atoms with Crippen molar-refractivity contribution in [1.82, 2.24) is 4.98 Å². The highest BCUT2D eigenvalue weighted by molar-refractivity contribution is 5.98. The quantitative estimate of drug-likeness (QED) is 0.403. The molecule has 1 aliphatic rings. The average molecular weight is 380 g/mol. The Morgan fingerprint density at radius 1 is 0.931 bits per heavy atom. The zero-order valence-electron chi connectivity index (χ0n) is 16.8. The summed E-state index contributed by atoms with van der Waals surface area (Å²) < 4.78 is 0. The highest BCUT2D eigenvalue weighted by Gasteiger charge is 2.35. The molecule has 0 fully saturated rings. The van der Waals surface area contributed by atoms with Gasteiger partial charge in [0.05, 0.1) is 5.69 Å². The van der Waals surface area contributed by atoms with Gasteiger partial charge in [-0.15, -0.1) is 0 Å². The molecule has 0 spiro atoms. The Morgan fingerprint density at radius 3 is 2.52 bits per heavy atom. The lowest BCUT2D eigenvalue weighted by Gasteiger charge is -2.27. The first-order valence-electron chi connectivity index (χ1n) is 10.2. The van der Waals surface area contributed by atoms with Gasteiger partial charge in [-0.1, -0.05) is 54.6 Å². The second-order valence-electron chi connectivity index (χ2n) is 8.01. The molecule has 0 amide bonds. The molecule has 5 rings (SSSR count). The fourth-order valence-electron chi connectivity index (χ4n) is 4.96. The van der Waals surface area contributed by atoms with Crippen LogP contribution in [0.3, 0.4) is 0 Å². The van der Waals surface area contributed by atoms with Gasteiger partial charge in [0, 0.05) is 39.8 Å². The predicted molar refractivity (Wildman–Crippen MR) is 122 cm³/mol. The van der Waals surface area contributed by atoms with Crippen LogP contribution in [0.1, 0.15) is 41.1 Å². The fourth-order valence-corrected chi connectivity index (χ4v) is 4.96. The van der Waals surface area contributed by atoms with Crippen LogP contribution in [0.2, 0.25) is 0 Å². The molecule has 4 aromatic rings. The normalized spacial score (nSPS) is 16.6. The highest BCUT2D eigenvalue weighted by Crippen LogP contribution is 2.47. The number of hydrogen-bond acceptors (Lipinski definition) is 2. The number of nitrogens with zero attached hydrogens (tertiary/aromatic N) is 1. The molecule has 2 atom stereocenters. The minimum atomic E-state index is 0.240.